The van der Waals surface area contributed by atoms with Gasteiger partial charge >= 0.3 is 0 Å². The number of benzene rings is 2. The fourth-order valence-electron chi connectivity index (χ4n) is 5.99. The largest absolute Gasteiger partial charge is 0.340 e. The van der Waals surface area contributed by atoms with Gasteiger partial charge < -0.3 is 14.7 Å². The molecule has 2 atom stereocenters. The molecule has 2 aromatic carbocycles. The maximum Gasteiger partial charge on any atom is 0.253 e. The summed E-state index contributed by atoms with van der Waals surface area (Å²) in [5.41, 5.74) is 4.07. The zero-order valence-electron chi connectivity index (χ0n) is 21.1. The van der Waals surface area contributed by atoms with Crippen LogP contribution in [0.5, 0.6) is 0 Å². The Morgan fingerprint density at radius 3 is 2.33 bits per heavy atom. The molecule has 0 spiro atoms. The molecular formula is C29H37Cl2N3O2. The van der Waals surface area contributed by atoms with E-state index in [-0.39, 0.29) is 18.3 Å². The highest BCUT2D eigenvalue weighted by molar-refractivity contribution is 6.31. The molecule has 7 heteroatoms. The first-order valence-corrected chi connectivity index (χ1v) is 13.5. The molecule has 2 heterocycles. The molecule has 0 radical (unpaired) electrons. The van der Waals surface area contributed by atoms with Gasteiger partial charge in [-0.05, 0) is 80.0 Å². The van der Waals surface area contributed by atoms with Crippen molar-refractivity contribution in [3.05, 3.63) is 58.6 Å². The monoisotopic (exact) mass is 529 g/mol. The van der Waals surface area contributed by atoms with E-state index in [2.05, 4.69) is 35.0 Å². The van der Waals surface area contributed by atoms with Gasteiger partial charge in [-0.2, -0.15) is 0 Å². The summed E-state index contributed by atoms with van der Waals surface area (Å²) in [5, 5.41) is 0.805. The third-order valence-electron chi connectivity index (χ3n) is 8.12. The molecule has 2 amide bonds. The van der Waals surface area contributed by atoms with Gasteiger partial charge in [-0.3, -0.25) is 9.59 Å². The summed E-state index contributed by atoms with van der Waals surface area (Å²) in [6.07, 6.45) is 7.33. The van der Waals surface area contributed by atoms with E-state index in [4.69, 9.17) is 11.6 Å². The van der Waals surface area contributed by atoms with E-state index in [9.17, 15) is 9.59 Å². The summed E-state index contributed by atoms with van der Waals surface area (Å²) < 4.78 is 0. The van der Waals surface area contributed by atoms with Gasteiger partial charge in [0.2, 0.25) is 5.91 Å². The van der Waals surface area contributed by atoms with E-state index in [1.807, 2.05) is 29.2 Å². The quantitative estimate of drug-likeness (QED) is 0.510. The van der Waals surface area contributed by atoms with E-state index in [0.717, 1.165) is 86.5 Å². The number of piperazine rings is 1. The van der Waals surface area contributed by atoms with E-state index in [0.29, 0.717) is 17.9 Å². The molecule has 1 saturated carbocycles. The summed E-state index contributed by atoms with van der Waals surface area (Å²) in [4.78, 5) is 31.4. The van der Waals surface area contributed by atoms with Crippen molar-refractivity contribution in [3.63, 3.8) is 0 Å². The van der Waals surface area contributed by atoms with Crippen molar-refractivity contribution in [1.29, 1.82) is 0 Å². The number of hydrogen-bond donors (Lipinski definition) is 0. The van der Waals surface area contributed by atoms with E-state index < -0.39 is 0 Å². The summed E-state index contributed by atoms with van der Waals surface area (Å²) in [7, 11) is 2.09. The molecule has 0 N–H and O–H groups in total. The number of amides is 2. The molecule has 2 aromatic rings. The van der Waals surface area contributed by atoms with Crippen LogP contribution in [0.25, 0.3) is 11.1 Å². The average molecular weight is 531 g/mol. The van der Waals surface area contributed by atoms with Crippen molar-refractivity contribution >= 4 is 35.8 Å². The average Bonchev–Trinajstić information content (AvgIpc) is 3.31. The van der Waals surface area contributed by atoms with Crippen LogP contribution in [-0.4, -0.2) is 72.3 Å². The Kier molecular flexibility index (Phi) is 8.97. The number of halogens is 2. The van der Waals surface area contributed by atoms with E-state index in [1.54, 1.807) is 0 Å². The van der Waals surface area contributed by atoms with Gasteiger partial charge in [-0.1, -0.05) is 42.3 Å². The summed E-state index contributed by atoms with van der Waals surface area (Å²) >= 11 is 6.75. The van der Waals surface area contributed by atoms with Crippen molar-refractivity contribution in [3.8, 4) is 11.1 Å². The summed E-state index contributed by atoms with van der Waals surface area (Å²) in [5.74, 6) is 1.03. The molecule has 0 bridgehead atoms. The van der Waals surface area contributed by atoms with Crippen molar-refractivity contribution in [2.24, 2.45) is 5.92 Å². The highest BCUT2D eigenvalue weighted by Gasteiger charge is 2.32. The van der Waals surface area contributed by atoms with Crippen LogP contribution < -0.4 is 0 Å². The zero-order valence-corrected chi connectivity index (χ0v) is 22.7. The molecule has 2 unspecified atom stereocenters. The normalized spacial score (nSPS) is 23.0. The third-order valence-corrected chi connectivity index (χ3v) is 8.48. The Bertz CT molecular complexity index is 1070. The van der Waals surface area contributed by atoms with E-state index in [1.165, 1.54) is 18.4 Å². The maximum atomic E-state index is 12.8. The number of hydrogen-bond acceptors (Lipinski definition) is 3. The van der Waals surface area contributed by atoms with Crippen molar-refractivity contribution < 1.29 is 9.59 Å². The Labute approximate surface area is 226 Å². The van der Waals surface area contributed by atoms with Crippen LogP contribution in [0, 0.1) is 5.92 Å². The molecule has 5 nitrogen and oxygen atoms in total. The lowest BCUT2D eigenvalue weighted by Gasteiger charge is -2.35. The molecule has 1 aliphatic carbocycles. The van der Waals surface area contributed by atoms with Crippen LogP contribution in [0.4, 0.5) is 0 Å². The van der Waals surface area contributed by atoms with Crippen LogP contribution in [0.1, 0.15) is 54.4 Å². The van der Waals surface area contributed by atoms with Gasteiger partial charge in [0, 0.05) is 55.8 Å². The van der Waals surface area contributed by atoms with Crippen LogP contribution in [0.15, 0.2) is 42.5 Å². The topological polar surface area (TPSA) is 43.9 Å². The number of likely N-dealkylation sites (tertiary alicyclic amines) is 1. The third kappa shape index (κ3) is 6.07. The van der Waals surface area contributed by atoms with Crippen LogP contribution in [-0.2, 0) is 11.2 Å². The molecule has 36 heavy (non-hydrogen) atoms. The first-order chi connectivity index (χ1) is 17.0. The Morgan fingerprint density at radius 1 is 0.944 bits per heavy atom. The lowest BCUT2D eigenvalue weighted by Crippen LogP contribution is -2.47. The summed E-state index contributed by atoms with van der Waals surface area (Å²) in [6, 6.07) is 14.7. The predicted octanol–water partition coefficient (Wildman–Crippen LogP) is 5.54. The molecule has 5 rings (SSSR count). The van der Waals surface area contributed by atoms with Crippen molar-refractivity contribution in [2.75, 3.05) is 39.8 Å². The number of rotatable bonds is 5. The molecular weight excluding hydrogens is 493 g/mol. The van der Waals surface area contributed by atoms with Gasteiger partial charge in [0.25, 0.3) is 5.91 Å². The molecule has 2 aliphatic heterocycles. The molecule has 0 aromatic heterocycles. The minimum Gasteiger partial charge on any atom is -0.340 e. The first-order valence-electron chi connectivity index (χ1n) is 13.1. The highest BCUT2D eigenvalue weighted by atomic mass is 35.5. The van der Waals surface area contributed by atoms with Crippen molar-refractivity contribution in [2.45, 2.75) is 51.0 Å². The Hall–Kier alpha value is -2.08. The second-order valence-corrected chi connectivity index (χ2v) is 11.0. The predicted molar refractivity (Wildman–Crippen MR) is 148 cm³/mol. The van der Waals surface area contributed by atoms with Crippen LogP contribution in [0.2, 0.25) is 5.02 Å². The van der Waals surface area contributed by atoms with Gasteiger partial charge in [0.15, 0.2) is 0 Å². The maximum absolute atomic E-state index is 12.8. The Balaban J connectivity index is 0.00000304. The number of carbonyl (C=O) groups is 2. The smallest absolute Gasteiger partial charge is 0.253 e. The number of likely N-dealkylation sites (N-methyl/N-ethyl adjacent to an activating group) is 1. The van der Waals surface area contributed by atoms with Crippen molar-refractivity contribution in [1.82, 2.24) is 14.7 Å². The number of carbonyl (C=O) groups excluding carboxylic acids is 2. The van der Waals surface area contributed by atoms with Gasteiger partial charge in [-0.25, -0.2) is 0 Å². The highest BCUT2D eigenvalue weighted by Crippen LogP contribution is 2.34. The number of nitrogens with zero attached hydrogens (tertiary/aromatic N) is 3. The lowest BCUT2D eigenvalue weighted by molar-refractivity contribution is -0.130. The minimum absolute atomic E-state index is 0. The fraction of sp³-hybridized carbons (Fsp3) is 0.517. The molecule has 194 valence electrons. The fourth-order valence-corrected chi connectivity index (χ4v) is 6.24. The second-order valence-electron chi connectivity index (χ2n) is 10.6. The molecule has 2 saturated heterocycles. The van der Waals surface area contributed by atoms with E-state index >= 15 is 0 Å². The SMILES string of the molecule is CN1CCN(C(=O)c2ccc(-c3ccc(CC4CCCC(N5CCCC5=O)C4)c(Cl)c3)cc2)CC1.Cl. The summed E-state index contributed by atoms with van der Waals surface area (Å²) in [6.45, 7) is 4.35. The molecule has 3 fully saturated rings. The lowest BCUT2D eigenvalue weighted by atomic mass is 9.81. The standard InChI is InChI=1S/C29H36ClN3O2.ClH/c1-31-14-16-32(17-15-31)29(35)23-9-7-22(8-10-23)24-11-12-25(27(30)20-24)18-21-4-2-5-26(19-21)33-13-3-6-28(33)34;/h7-12,20-21,26H,2-6,13-19H2,1H3;1H. The first kappa shape index (κ1) is 27.0. The van der Waals surface area contributed by atoms with Gasteiger partial charge in [0.05, 0.1) is 0 Å². The Morgan fingerprint density at radius 2 is 1.67 bits per heavy atom. The van der Waals surface area contributed by atoms with Crippen LogP contribution in [0.3, 0.4) is 0 Å². The van der Waals surface area contributed by atoms with Crippen LogP contribution >= 0.6 is 24.0 Å². The zero-order chi connectivity index (χ0) is 24.4. The second kappa shape index (κ2) is 12.0. The van der Waals surface area contributed by atoms with Gasteiger partial charge in [-0.15, -0.1) is 12.4 Å². The van der Waals surface area contributed by atoms with Gasteiger partial charge in [0.1, 0.15) is 0 Å². The minimum atomic E-state index is 0. The molecule has 3 aliphatic rings.